The second kappa shape index (κ2) is 64.2. The highest BCUT2D eigenvalue weighted by Gasteiger charge is 2.19. The van der Waals surface area contributed by atoms with E-state index in [1.807, 2.05) is 0 Å². The van der Waals surface area contributed by atoms with E-state index in [0.29, 0.717) is 19.3 Å². The zero-order chi connectivity index (χ0) is 54.3. The van der Waals surface area contributed by atoms with Crippen LogP contribution in [-0.4, -0.2) is 37.2 Å². The van der Waals surface area contributed by atoms with Gasteiger partial charge in [-0.05, 0) is 57.8 Å². The van der Waals surface area contributed by atoms with Crippen molar-refractivity contribution in [1.82, 2.24) is 0 Å². The minimum atomic E-state index is -0.775. The molecule has 0 bridgehead atoms. The molecule has 1 atom stereocenters. The van der Waals surface area contributed by atoms with E-state index in [4.69, 9.17) is 14.2 Å². The summed E-state index contributed by atoms with van der Waals surface area (Å²) in [5.41, 5.74) is 0. The smallest absolute Gasteiger partial charge is 0.306 e. The highest BCUT2D eigenvalue weighted by molar-refractivity contribution is 5.71. The van der Waals surface area contributed by atoms with Crippen molar-refractivity contribution in [1.29, 1.82) is 0 Å². The van der Waals surface area contributed by atoms with Crippen LogP contribution in [0.25, 0.3) is 0 Å². The van der Waals surface area contributed by atoms with Crippen LogP contribution in [0.4, 0.5) is 0 Å². The van der Waals surface area contributed by atoms with Gasteiger partial charge in [-0.2, -0.15) is 0 Å². The number of allylic oxidation sites excluding steroid dienone is 6. The molecular weight excluding hydrogens is 925 g/mol. The maximum Gasteiger partial charge on any atom is 0.306 e. The average molecular weight is 1050 g/mol. The number of hydrogen-bond donors (Lipinski definition) is 0. The van der Waals surface area contributed by atoms with Crippen LogP contribution in [0, 0.1) is 0 Å². The highest BCUT2D eigenvalue weighted by Crippen LogP contribution is 2.18. The Bertz CT molecular complexity index is 1250. The minimum Gasteiger partial charge on any atom is -0.462 e. The summed E-state index contributed by atoms with van der Waals surface area (Å²) in [7, 11) is 0. The van der Waals surface area contributed by atoms with Crippen molar-refractivity contribution in [3.8, 4) is 0 Å². The van der Waals surface area contributed by atoms with Gasteiger partial charge >= 0.3 is 17.9 Å². The molecule has 6 heteroatoms. The van der Waals surface area contributed by atoms with E-state index in [9.17, 15) is 14.4 Å². The van der Waals surface area contributed by atoms with E-state index in [-0.39, 0.29) is 31.1 Å². The fraction of sp³-hybridized carbons (Fsp3) is 0.870. The summed E-state index contributed by atoms with van der Waals surface area (Å²) in [6, 6.07) is 0. The van der Waals surface area contributed by atoms with Gasteiger partial charge in [-0.3, -0.25) is 14.4 Å². The van der Waals surface area contributed by atoms with Crippen molar-refractivity contribution >= 4 is 17.9 Å². The summed E-state index contributed by atoms with van der Waals surface area (Å²) in [4.78, 5) is 38.4. The monoisotopic (exact) mass is 1050 g/mol. The number of hydrogen-bond acceptors (Lipinski definition) is 6. The highest BCUT2D eigenvalue weighted by atomic mass is 16.6. The lowest BCUT2D eigenvalue weighted by Crippen LogP contribution is -2.30. The molecule has 0 unspecified atom stereocenters. The molecule has 0 N–H and O–H groups in total. The molecule has 0 aromatic heterocycles. The molecule has 0 saturated carbocycles. The first kappa shape index (κ1) is 72.6. The first-order chi connectivity index (χ1) is 37.0. The van der Waals surface area contributed by atoms with Gasteiger partial charge < -0.3 is 14.2 Å². The Hall–Kier alpha value is -2.37. The van der Waals surface area contributed by atoms with Crippen LogP contribution < -0.4 is 0 Å². The molecule has 0 aliphatic carbocycles. The number of unbranched alkanes of at least 4 members (excludes halogenated alkanes) is 45. The lowest BCUT2D eigenvalue weighted by molar-refractivity contribution is -0.167. The Labute approximate surface area is 467 Å². The molecule has 0 aromatic rings. The molecule has 0 fully saturated rings. The van der Waals surface area contributed by atoms with Crippen LogP contribution >= 0.6 is 0 Å². The normalized spacial score (nSPS) is 12.2. The maximum atomic E-state index is 12.9. The van der Waals surface area contributed by atoms with Gasteiger partial charge in [-0.25, -0.2) is 0 Å². The fourth-order valence-electron chi connectivity index (χ4n) is 10.1. The van der Waals surface area contributed by atoms with Gasteiger partial charge in [0.25, 0.3) is 0 Å². The van der Waals surface area contributed by atoms with Gasteiger partial charge in [0.15, 0.2) is 6.10 Å². The lowest BCUT2D eigenvalue weighted by Gasteiger charge is -2.18. The van der Waals surface area contributed by atoms with Gasteiger partial charge in [-0.15, -0.1) is 0 Å². The van der Waals surface area contributed by atoms with Crippen molar-refractivity contribution in [2.24, 2.45) is 0 Å². The van der Waals surface area contributed by atoms with Crippen LogP contribution in [0.5, 0.6) is 0 Å². The van der Waals surface area contributed by atoms with Crippen molar-refractivity contribution < 1.29 is 28.6 Å². The van der Waals surface area contributed by atoms with E-state index in [1.54, 1.807) is 0 Å². The molecule has 0 saturated heterocycles. The molecule has 0 rings (SSSR count). The summed E-state index contributed by atoms with van der Waals surface area (Å²) in [5, 5.41) is 0. The largest absolute Gasteiger partial charge is 0.462 e. The standard InChI is InChI=1S/C69H128O6/c1-4-7-10-13-16-19-22-25-28-31-34-37-40-43-46-49-52-55-58-61-67(70)73-64-66(75-69(72)63-60-57-54-51-48-45-42-39-36-33-30-27-24-21-18-15-12-9-6-3)65-74-68(71)62-59-56-53-50-47-44-41-38-35-32-29-26-23-20-17-14-11-8-5-2/h16,19,25,28,34,37,66H,4-15,17-18,20-24,26-27,29-33,35-36,38-65H2,1-3H3/b19-16-,28-25-,37-34-/t66-/m0/s1. The summed E-state index contributed by atoms with van der Waals surface area (Å²) >= 11 is 0. The minimum absolute atomic E-state index is 0.0705. The van der Waals surface area contributed by atoms with Gasteiger partial charge in [0.1, 0.15) is 13.2 Å². The fourth-order valence-corrected chi connectivity index (χ4v) is 10.1. The van der Waals surface area contributed by atoms with Crippen molar-refractivity contribution in [3.05, 3.63) is 36.5 Å². The quantitative estimate of drug-likeness (QED) is 0.0261. The molecule has 0 spiro atoms. The number of carbonyl (C=O) groups excluding carboxylic acids is 3. The van der Waals surface area contributed by atoms with Gasteiger partial charge in [0.2, 0.25) is 0 Å². The van der Waals surface area contributed by atoms with E-state index in [1.165, 1.54) is 250 Å². The third kappa shape index (κ3) is 62.4. The maximum absolute atomic E-state index is 12.9. The van der Waals surface area contributed by atoms with Crippen LogP contribution in [0.15, 0.2) is 36.5 Å². The second-order valence-corrected chi connectivity index (χ2v) is 22.7. The summed E-state index contributed by atoms with van der Waals surface area (Å²) < 4.78 is 17.0. The number of ether oxygens (including phenoxy) is 3. The van der Waals surface area contributed by atoms with Crippen molar-refractivity contribution in [2.75, 3.05) is 13.2 Å². The number of carbonyl (C=O) groups is 3. The Morgan fingerprint density at radius 3 is 0.773 bits per heavy atom. The Kier molecular flexibility index (Phi) is 62.1. The predicted octanol–water partition coefficient (Wildman–Crippen LogP) is 22.8. The number of rotatable bonds is 62. The number of esters is 3. The SMILES string of the molecule is CCCCC/C=C\C/C=C\C/C=C\CCCCCCCCC(=O)OC[C@@H](COC(=O)CCCCCCCCCCCCCCCCCCCCC)OC(=O)CCCCCCCCCCCCCCCCCCCCC. The third-order valence-corrected chi connectivity index (χ3v) is 15.1. The van der Waals surface area contributed by atoms with Crippen molar-refractivity contribution in [2.45, 2.75) is 374 Å². The van der Waals surface area contributed by atoms with E-state index >= 15 is 0 Å². The molecule has 6 nitrogen and oxygen atoms in total. The molecule has 0 radical (unpaired) electrons. The van der Waals surface area contributed by atoms with Crippen LogP contribution in [-0.2, 0) is 28.6 Å². The first-order valence-corrected chi connectivity index (χ1v) is 33.5. The van der Waals surface area contributed by atoms with Crippen LogP contribution in [0.3, 0.4) is 0 Å². The summed E-state index contributed by atoms with van der Waals surface area (Å²) in [5.74, 6) is -0.854. The lowest BCUT2D eigenvalue weighted by atomic mass is 10.0. The Balaban J connectivity index is 4.34. The topological polar surface area (TPSA) is 78.9 Å². The molecule has 0 aromatic carbocycles. The predicted molar refractivity (Wildman–Crippen MR) is 326 cm³/mol. The van der Waals surface area contributed by atoms with Gasteiger partial charge in [-0.1, -0.05) is 327 Å². The van der Waals surface area contributed by atoms with Gasteiger partial charge in [0.05, 0.1) is 0 Å². The van der Waals surface area contributed by atoms with Crippen LogP contribution in [0.2, 0.25) is 0 Å². The Morgan fingerprint density at radius 2 is 0.480 bits per heavy atom. The van der Waals surface area contributed by atoms with Crippen LogP contribution in [0.1, 0.15) is 367 Å². The molecule has 75 heavy (non-hydrogen) atoms. The first-order valence-electron chi connectivity index (χ1n) is 33.5. The molecular formula is C69H128O6. The molecule has 0 heterocycles. The van der Waals surface area contributed by atoms with E-state index < -0.39 is 6.10 Å². The van der Waals surface area contributed by atoms with E-state index in [2.05, 4.69) is 57.2 Å². The third-order valence-electron chi connectivity index (χ3n) is 15.1. The average Bonchev–Trinajstić information content (AvgIpc) is 3.41. The summed E-state index contributed by atoms with van der Waals surface area (Å²) in [6.07, 6.45) is 78.6. The molecule has 440 valence electrons. The molecule has 0 aliphatic rings. The zero-order valence-corrected chi connectivity index (χ0v) is 50.6. The van der Waals surface area contributed by atoms with Gasteiger partial charge in [0, 0.05) is 19.3 Å². The Morgan fingerprint density at radius 1 is 0.267 bits per heavy atom. The molecule has 0 aliphatic heterocycles. The van der Waals surface area contributed by atoms with E-state index in [0.717, 1.165) is 77.0 Å². The summed E-state index contributed by atoms with van der Waals surface area (Å²) in [6.45, 7) is 6.68. The molecule has 0 amide bonds. The zero-order valence-electron chi connectivity index (χ0n) is 50.6. The second-order valence-electron chi connectivity index (χ2n) is 22.7. The van der Waals surface area contributed by atoms with Crippen molar-refractivity contribution in [3.63, 3.8) is 0 Å².